The summed E-state index contributed by atoms with van der Waals surface area (Å²) in [7, 11) is -3.68. The van der Waals surface area contributed by atoms with E-state index in [9.17, 15) is 17.6 Å². The van der Waals surface area contributed by atoms with Gasteiger partial charge >= 0.3 is 0 Å². The minimum absolute atomic E-state index is 0.358. The first kappa shape index (κ1) is 20.9. The number of carbonyl (C=O) groups excluding carboxylic acids is 1. The minimum Gasteiger partial charge on any atom is -0.348 e. The molecule has 146 valence electrons. The third-order valence-corrected chi connectivity index (χ3v) is 5.65. The van der Waals surface area contributed by atoms with Crippen LogP contribution in [0.15, 0.2) is 42.5 Å². The van der Waals surface area contributed by atoms with Gasteiger partial charge in [0, 0.05) is 0 Å². The molecule has 0 saturated heterocycles. The zero-order valence-corrected chi connectivity index (χ0v) is 17.0. The van der Waals surface area contributed by atoms with E-state index in [4.69, 9.17) is 0 Å². The quantitative estimate of drug-likeness (QED) is 0.819. The summed E-state index contributed by atoms with van der Waals surface area (Å²) < 4.78 is 39.1. The Kier molecular flexibility index (Phi) is 6.26. The molecular formula is C20H25FN2O3S. The fourth-order valence-corrected chi connectivity index (χ4v) is 4.13. The molecule has 0 fully saturated rings. The van der Waals surface area contributed by atoms with Crippen molar-refractivity contribution in [2.75, 3.05) is 10.6 Å². The van der Waals surface area contributed by atoms with Crippen molar-refractivity contribution in [2.24, 2.45) is 0 Å². The van der Waals surface area contributed by atoms with Gasteiger partial charge < -0.3 is 5.32 Å². The van der Waals surface area contributed by atoms with Crippen molar-refractivity contribution >= 4 is 21.6 Å². The average Bonchev–Trinajstić information content (AvgIpc) is 2.57. The molecule has 27 heavy (non-hydrogen) atoms. The molecule has 2 atom stereocenters. The molecule has 5 nitrogen and oxygen atoms in total. The van der Waals surface area contributed by atoms with Crippen LogP contribution in [0.1, 0.15) is 36.6 Å². The number of carbonyl (C=O) groups is 1. The maximum Gasteiger partial charge on any atom is 0.244 e. The fourth-order valence-electron chi connectivity index (χ4n) is 2.91. The van der Waals surface area contributed by atoms with Crippen LogP contribution < -0.4 is 9.62 Å². The molecule has 0 bridgehead atoms. The summed E-state index contributed by atoms with van der Waals surface area (Å²) in [5.74, 6) is -0.790. The molecule has 0 radical (unpaired) electrons. The number of nitrogens with one attached hydrogen (secondary N) is 1. The number of rotatable bonds is 6. The van der Waals surface area contributed by atoms with Crippen LogP contribution in [0.2, 0.25) is 0 Å². The van der Waals surface area contributed by atoms with Crippen LogP contribution in [-0.4, -0.2) is 26.6 Å². The van der Waals surface area contributed by atoms with Crippen LogP contribution in [0.3, 0.4) is 0 Å². The molecule has 1 amide bonds. The lowest BCUT2D eigenvalue weighted by molar-refractivity contribution is -0.122. The van der Waals surface area contributed by atoms with Crippen LogP contribution in [0, 0.1) is 19.7 Å². The molecule has 0 aliphatic carbocycles. The van der Waals surface area contributed by atoms with Crippen LogP contribution >= 0.6 is 0 Å². The topological polar surface area (TPSA) is 66.5 Å². The zero-order valence-electron chi connectivity index (χ0n) is 16.2. The number of anilines is 1. The van der Waals surface area contributed by atoms with Crippen molar-refractivity contribution in [3.8, 4) is 0 Å². The standard InChI is InChI=1S/C20H25FN2O3S/c1-13-6-7-14(2)19(12-13)23(27(5,25)26)16(4)20(24)22-15(3)17-8-10-18(21)11-9-17/h6-12,15-16H,1-5H3,(H,22,24)/t15-,16+/m1/s1. The molecular weight excluding hydrogens is 367 g/mol. The van der Waals surface area contributed by atoms with E-state index in [-0.39, 0.29) is 11.9 Å². The largest absolute Gasteiger partial charge is 0.348 e. The fraction of sp³-hybridized carbons (Fsp3) is 0.350. The maximum absolute atomic E-state index is 13.1. The highest BCUT2D eigenvalue weighted by Gasteiger charge is 2.30. The molecule has 7 heteroatoms. The van der Waals surface area contributed by atoms with E-state index >= 15 is 0 Å². The predicted molar refractivity (Wildman–Crippen MR) is 106 cm³/mol. The number of benzene rings is 2. The average molecular weight is 392 g/mol. The SMILES string of the molecule is Cc1ccc(C)c(N([C@@H](C)C(=O)N[C@H](C)c2ccc(F)cc2)S(C)(=O)=O)c1. The Morgan fingerprint density at radius 2 is 1.67 bits per heavy atom. The van der Waals surface area contributed by atoms with Crippen molar-refractivity contribution in [2.45, 2.75) is 39.8 Å². The summed E-state index contributed by atoms with van der Waals surface area (Å²) in [4.78, 5) is 12.8. The van der Waals surface area contributed by atoms with E-state index in [1.807, 2.05) is 19.1 Å². The van der Waals surface area contributed by atoms with Gasteiger partial charge in [0.15, 0.2) is 0 Å². The minimum atomic E-state index is -3.68. The number of aryl methyl sites for hydroxylation is 2. The van der Waals surface area contributed by atoms with E-state index in [2.05, 4.69) is 5.32 Å². The van der Waals surface area contributed by atoms with Gasteiger partial charge in [0.25, 0.3) is 0 Å². The molecule has 0 heterocycles. The summed E-state index contributed by atoms with van der Waals surface area (Å²) in [5, 5.41) is 2.80. The summed E-state index contributed by atoms with van der Waals surface area (Å²) in [5.41, 5.74) is 2.87. The van der Waals surface area contributed by atoms with Gasteiger partial charge in [-0.05, 0) is 62.6 Å². The second-order valence-electron chi connectivity index (χ2n) is 6.81. The molecule has 0 aliphatic heterocycles. The van der Waals surface area contributed by atoms with Crippen molar-refractivity contribution in [1.29, 1.82) is 0 Å². The number of sulfonamides is 1. The molecule has 2 aromatic carbocycles. The Balaban J connectivity index is 2.30. The van der Waals surface area contributed by atoms with E-state index in [1.165, 1.54) is 12.1 Å². The molecule has 2 rings (SSSR count). The normalized spacial score (nSPS) is 13.7. The lowest BCUT2D eigenvalue weighted by atomic mass is 10.1. The molecule has 1 N–H and O–H groups in total. The van der Waals surface area contributed by atoms with E-state index in [0.29, 0.717) is 5.69 Å². The van der Waals surface area contributed by atoms with Crippen LogP contribution in [0.25, 0.3) is 0 Å². The first-order chi connectivity index (χ1) is 12.5. The summed E-state index contributed by atoms with van der Waals surface area (Å²) in [6.07, 6.45) is 1.09. The van der Waals surface area contributed by atoms with Gasteiger partial charge in [-0.1, -0.05) is 24.3 Å². The number of hydrogen-bond donors (Lipinski definition) is 1. The Labute approximate surface area is 160 Å². The van der Waals surface area contributed by atoms with Crippen LogP contribution in [-0.2, 0) is 14.8 Å². The molecule has 2 aromatic rings. The highest BCUT2D eigenvalue weighted by Crippen LogP contribution is 2.26. The van der Waals surface area contributed by atoms with Crippen LogP contribution in [0.5, 0.6) is 0 Å². The summed E-state index contributed by atoms with van der Waals surface area (Å²) in [6, 6.07) is 9.96. The third kappa shape index (κ3) is 5.07. The van der Waals surface area contributed by atoms with Gasteiger partial charge in [0.05, 0.1) is 18.0 Å². The van der Waals surface area contributed by atoms with Crippen molar-refractivity contribution in [1.82, 2.24) is 5.32 Å². The van der Waals surface area contributed by atoms with Gasteiger partial charge in [-0.3, -0.25) is 9.10 Å². The summed E-state index contributed by atoms with van der Waals surface area (Å²) >= 11 is 0. The van der Waals surface area contributed by atoms with Crippen molar-refractivity contribution in [3.63, 3.8) is 0 Å². The van der Waals surface area contributed by atoms with Gasteiger partial charge in [-0.15, -0.1) is 0 Å². The number of amides is 1. The molecule has 0 saturated carbocycles. The smallest absolute Gasteiger partial charge is 0.244 e. The van der Waals surface area contributed by atoms with Gasteiger partial charge in [0.2, 0.25) is 15.9 Å². The van der Waals surface area contributed by atoms with Crippen molar-refractivity contribution in [3.05, 3.63) is 65.0 Å². The predicted octanol–water partition coefficient (Wildman–Crippen LogP) is 3.47. The molecule has 0 unspecified atom stereocenters. The lowest BCUT2D eigenvalue weighted by Crippen LogP contribution is -2.48. The molecule has 0 aromatic heterocycles. The monoisotopic (exact) mass is 392 g/mol. The summed E-state index contributed by atoms with van der Waals surface area (Å²) in [6.45, 7) is 6.99. The van der Waals surface area contributed by atoms with E-state index in [1.54, 1.807) is 39.0 Å². The first-order valence-corrected chi connectivity index (χ1v) is 10.5. The molecule has 0 spiro atoms. The first-order valence-electron chi connectivity index (χ1n) is 8.63. The number of hydrogen-bond acceptors (Lipinski definition) is 3. The van der Waals surface area contributed by atoms with Crippen LogP contribution in [0.4, 0.5) is 10.1 Å². The van der Waals surface area contributed by atoms with Crippen molar-refractivity contribution < 1.29 is 17.6 Å². The zero-order chi connectivity index (χ0) is 20.4. The van der Waals surface area contributed by atoms with Gasteiger partial charge in [-0.25, -0.2) is 12.8 Å². The Hall–Kier alpha value is -2.41. The van der Waals surface area contributed by atoms with E-state index < -0.39 is 22.0 Å². The van der Waals surface area contributed by atoms with Gasteiger partial charge in [0.1, 0.15) is 11.9 Å². The Morgan fingerprint density at radius 1 is 1.07 bits per heavy atom. The van der Waals surface area contributed by atoms with Gasteiger partial charge in [-0.2, -0.15) is 0 Å². The lowest BCUT2D eigenvalue weighted by Gasteiger charge is -2.30. The third-order valence-electron chi connectivity index (χ3n) is 4.42. The Bertz CT molecular complexity index is 927. The second-order valence-corrected chi connectivity index (χ2v) is 8.67. The number of halogens is 1. The number of nitrogens with zero attached hydrogens (tertiary/aromatic N) is 1. The van der Waals surface area contributed by atoms with E-state index in [0.717, 1.165) is 27.3 Å². The highest BCUT2D eigenvalue weighted by atomic mass is 32.2. The second kappa shape index (κ2) is 8.08. The highest BCUT2D eigenvalue weighted by molar-refractivity contribution is 7.92. The maximum atomic E-state index is 13.1. The molecule has 0 aliphatic rings. The Morgan fingerprint density at radius 3 is 2.22 bits per heavy atom.